The van der Waals surface area contributed by atoms with Gasteiger partial charge in [-0.15, -0.1) is 0 Å². The van der Waals surface area contributed by atoms with Gasteiger partial charge in [0.1, 0.15) is 5.82 Å². The zero-order valence-electron chi connectivity index (χ0n) is 17.0. The van der Waals surface area contributed by atoms with Crippen molar-refractivity contribution in [3.05, 3.63) is 63.2 Å². The number of benzene rings is 1. The lowest BCUT2D eigenvalue weighted by Crippen LogP contribution is -2.37. The summed E-state index contributed by atoms with van der Waals surface area (Å²) in [6, 6.07) is 6.29. The average molecular weight is 427 g/mol. The SMILES string of the molecule is O=c1c(N2CCCC2c2nc3ccccc3c(=O)n2CC(F)F)nccn1CC1CC1. The Morgan fingerprint density at radius 1 is 1.10 bits per heavy atom. The van der Waals surface area contributed by atoms with Gasteiger partial charge in [-0.25, -0.2) is 18.7 Å². The first kappa shape index (κ1) is 19.8. The molecular weight excluding hydrogens is 404 g/mol. The summed E-state index contributed by atoms with van der Waals surface area (Å²) in [6.45, 7) is 0.485. The molecule has 1 atom stereocenters. The second-order valence-corrected chi connectivity index (χ2v) is 8.30. The fraction of sp³-hybridized carbons (Fsp3) is 0.455. The Morgan fingerprint density at radius 3 is 2.68 bits per heavy atom. The summed E-state index contributed by atoms with van der Waals surface area (Å²) in [6.07, 6.45) is 4.20. The number of alkyl halides is 2. The van der Waals surface area contributed by atoms with Gasteiger partial charge in [0.2, 0.25) is 0 Å². The predicted molar refractivity (Wildman–Crippen MR) is 113 cm³/mol. The molecule has 162 valence electrons. The van der Waals surface area contributed by atoms with Gasteiger partial charge in [0.25, 0.3) is 17.5 Å². The van der Waals surface area contributed by atoms with E-state index in [0.717, 1.165) is 23.8 Å². The molecule has 31 heavy (non-hydrogen) atoms. The molecule has 1 unspecified atom stereocenters. The molecule has 1 saturated heterocycles. The average Bonchev–Trinajstić information content (AvgIpc) is 3.44. The van der Waals surface area contributed by atoms with E-state index in [1.807, 2.05) is 4.90 Å². The molecule has 1 aliphatic carbocycles. The topological polar surface area (TPSA) is 73.0 Å². The maximum atomic E-state index is 13.4. The van der Waals surface area contributed by atoms with Gasteiger partial charge in [0, 0.05) is 25.5 Å². The highest BCUT2D eigenvalue weighted by molar-refractivity contribution is 5.77. The van der Waals surface area contributed by atoms with Crippen molar-refractivity contribution in [2.75, 3.05) is 11.4 Å². The van der Waals surface area contributed by atoms with Crippen molar-refractivity contribution in [3.8, 4) is 0 Å². The highest BCUT2D eigenvalue weighted by atomic mass is 19.3. The van der Waals surface area contributed by atoms with Crippen LogP contribution in [0.1, 0.15) is 37.5 Å². The second kappa shape index (κ2) is 7.86. The number of nitrogens with zero attached hydrogens (tertiary/aromatic N) is 5. The van der Waals surface area contributed by atoms with Crippen LogP contribution in [0.15, 0.2) is 46.2 Å². The van der Waals surface area contributed by atoms with Crippen LogP contribution >= 0.6 is 0 Å². The lowest BCUT2D eigenvalue weighted by molar-refractivity contribution is 0.123. The van der Waals surface area contributed by atoms with Gasteiger partial charge in [-0.1, -0.05) is 12.1 Å². The van der Waals surface area contributed by atoms with E-state index in [4.69, 9.17) is 0 Å². The summed E-state index contributed by atoms with van der Waals surface area (Å²) in [5.74, 6) is 1.08. The Balaban J connectivity index is 1.61. The third kappa shape index (κ3) is 3.73. The molecule has 2 fully saturated rings. The van der Waals surface area contributed by atoms with Crippen LogP contribution in [0.25, 0.3) is 10.9 Å². The van der Waals surface area contributed by atoms with E-state index in [9.17, 15) is 18.4 Å². The molecule has 0 N–H and O–H groups in total. The summed E-state index contributed by atoms with van der Waals surface area (Å²) in [7, 11) is 0. The lowest BCUT2D eigenvalue weighted by Gasteiger charge is -2.27. The Kier molecular flexibility index (Phi) is 5.03. The van der Waals surface area contributed by atoms with E-state index in [0.29, 0.717) is 36.3 Å². The minimum atomic E-state index is -2.69. The standard InChI is InChI=1S/C22H23F2N5O2/c23-18(24)13-29-19(26-16-5-2-1-4-15(16)21(29)30)17-6-3-10-28(17)20-22(31)27(11-9-25-20)12-14-7-8-14/h1-2,4-5,9,11,14,17-18H,3,6-8,10,12-13H2. The zero-order chi connectivity index (χ0) is 21.5. The Morgan fingerprint density at radius 2 is 1.90 bits per heavy atom. The van der Waals surface area contributed by atoms with E-state index in [1.165, 1.54) is 0 Å². The predicted octanol–water partition coefficient (Wildman–Crippen LogP) is 2.97. The van der Waals surface area contributed by atoms with E-state index in [1.54, 1.807) is 41.2 Å². The minimum absolute atomic E-state index is 0.190. The normalized spacial score (nSPS) is 18.9. The van der Waals surface area contributed by atoms with Crippen LogP contribution < -0.4 is 16.0 Å². The first-order chi connectivity index (χ1) is 15.0. The van der Waals surface area contributed by atoms with Crippen molar-refractivity contribution in [2.45, 2.75) is 51.2 Å². The number of para-hydroxylation sites is 1. The highest BCUT2D eigenvalue weighted by Gasteiger charge is 2.34. The van der Waals surface area contributed by atoms with Crippen molar-refractivity contribution in [1.29, 1.82) is 0 Å². The fourth-order valence-corrected chi connectivity index (χ4v) is 4.40. The van der Waals surface area contributed by atoms with Gasteiger partial charge in [0.15, 0.2) is 5.82 Å². The highest BCUT2D eigenvalue weighted by Crippen LogP contribution is 2.34. The van der Waals surface area contributed by atoms with Crippen LogP contribution in [0.5, 0.6) is 0 Å². The molecule has 5 rings (SSSR count). The summed E-state index contributed by atoms with van der Waals surface area (Å²) >= 11 is 0. The largest absolute Gasteiger partial charge is 0.342 e. The molecular formula is C22H23F2N5O2. The smallest absolute Gasteiger partial charge is 0.293 e. The van der Waals surface area contributed by atoms with E-state index < -0.39 is 24.6 Å². The molecule has 3 aromatic rings. The molecule has 2 aliphatic rings. The van der Waals surface area contributed by atoms with Crippen LogP contribution in [0, 0.1) is 5.92 Å². The summed E-state index contributed by atoms with van der Waals surface area (Å²) < 4.78 is 29.5. The molecule has 0 amide bonds. The third-order valence-corrected chi connectivity index (χ3v) is 6.08. The van der Waals surface area contributed by atoms with E-state index in [-0.39, 0.29) is 17.2 Å². The molecule has 0 spiro atoms. The van der Waals surface area contributed by atoms with Gasteiger partial charge >= 0.3 is 0 Å². The Bertz CT molecular complexity index is 1230. The number of anilines is 1. The minimum Gasteiger partial charge on any atom is -0.342 e. The van der Waals surface area contributed by atoms with Gasteiger partial charge in [0.05, 0.1) is 23.5 Å². The van der Waals surface area contributed by atoms with E-state index >= 15 is 0 Å². The van der Waals surface area contributed by atoms with Crippen LogP contribution in [0.3, 0.4) is 0 Å². The molecule has 2 aromatic heterocycles. The van der Waals surface area contributed by atoms with Crippen molar-refractivity contribution >= 4 is 16.7 Å². The molecule has 0 bridgehead atoms. The van der Waals surface area contributed by atoms with Crippen LogP contribution in [0.2, 0.25) is 0 Å². The first-order valence-electron chi connectivity index (χ1n) is 10.6. The fourth-order valence-electron chi connectivity index (χ4n) is 4.40. The summed E-state index contributed by atoms with van der Waals surface area (Å²) in [5.41, 5.74) is -0.211. The maximum absolute atomic E-state index is 13.4. The quantitative estimate of drug-likeness (QED) is 0.605. The number of fused-ring (bicyclic) bond motifs is 1. The number of halogens is 2. The Labute approximate surface area is 177 Å². The van der Waals surface area contributed by atoms with Gasteiger partial charge in [-0.05, 0) is 43.7 Å². The van der Waals surface area contributed by atoms with Gasteiger partial charge in [-0.2, -0.15) is 0 Å². The lowest BCUT2D eigenvalue weighted by atomic mass is 10.1. The van der Waals surface area contributed by atoms with Gasteiger partial charge in [-0.3, -0.25) is 14.2 Å². The molecule has 1 aromatic carbocycles. The number of hydrogen-bond acceptors (Lipinski definition) is 5. The van der Waals surface area contributed by atoms with Crippen LogP contribution in [-0.2, 0) is 13.1 Å². The maximum Gasteiger partial charge on any atom is 0.293 e. The number of rotatable bonds is 6. The van der Waals surface area contributed by atoms with Gasteiger partial charge < -0.3 is 9.47 Å². The first-order valence-corrected chi connectivity index (χ1v) is 10.6. The molecule has 7 nitrogen and oxygen atoms in total. The van der Waals surface area contributed by atoms with Crippen molar-refractivity contribution in [1.82, 2.24) is 19.1 Å². The van der Waals surface area contributed by atoms with Crippen LogP contribution in [0.4, 0.5) is 14.6 Å². The summed E-state index contributed by atoms with van der Waals surface area (Å²) in [4.78, 5) is 36.9. The zero-order valence-corrected chi connectivity index (χ0v) is 17.0. The Hall–Kier alpha value is -3.10. The van der Waals surface area contributed by atoms with Crippen molar-refractivity contribution < 1.29 is 8.78 Å². The third-order valence-electron chi connectivity index (χ3n) is 6.08. The molecule has 1 aliphatic heterocycles. The summed E-state index contributed by atoms with van der Waals surface area (Å²) in [5, 5.41) is 0.307. The molecule has 9 heteroatoms. The van der Waals surface area contributed by atoms with Crippen molar-refractivity contribution in [3.63, 3.8) is 0 Å². The number of hydrogen-bond donors (Lipinski definition) is 0. The van der Waals surface area contributed by atoms with Crippen molar-refractivity contribution in [2.24, 2.45) is 5.92 Å². The monoisotopic (exact) mass is 427 g/mol. The van der Waals surface area contributed by atoms with Crippen LogP contribution in [-0.4, -0.2) is 32.1 Å². The van der Waals surface area contributed by atoms with E-state index in [2.05, 4.69) is 9.97 Å². The number of aromatic nitrogens is 4. The second-order valence-electron chi connectivity index (χ2n) is 8.30. The molecule has 0 radical (unpaired) electrons. The molecule has 1 saturated carbocycles. The molecule has 3 heterocycles.